The van der Waals surface area contributed by atoms with Gasteiger partial charge in [0.15, 0.2) is 11.5 Å². The average Bonchev–Trinajstić information content (AvgIpc) is 3.21. The third-order valence-electron chi connectivity index (χ3n) is 6.14. The first-order valence-corrected chi connectivity index (χ1v) is 12.4. The minimum atomic E-state index is -1.26. The molecule has 38 heavy (non-hydrogen) atoms. The van der Waals surface area contributed by atoms with Crippen LogP contribution in [0.25, 0.3) is 11.3 Å². The van der Waals surface area contributed by atoms with E-state index in [1.165, 1.54) is 0 Å². The minimum Gasteiger partial charge on any atom is -0.476 e. The van der Waals surface area contributed by atoms with Crippen LogP contribution in [0, 0.1) is 6.92 Å². The molecule has 1 saturated heterocycles. The van der Waals surface area contributed by atoms with Gasteiger partial charge in [0.2, 0.25) is 0 Å². The van der Waals surface area contributed by atoms with Crippen molar-refractivity contribution in [2.24, 2.45) is 0 Å². The van der Waals surface area contributed by atoms with Crippen LogP contribution >= 0.6 is 0 Å². The number of piperidine rings is 1. The number of carboxylic acid groups (broad SMARTS) is 1. The highest BCUT2D eigenvalue weighted by molar-refractivity contribution is 6.04. The summed E-state index contributed by atoms with van der Waals surface area (Å²) in [5.41, 5.74) is 1.06. The van der Waals surface area contributed by atoms with Crippen molar-refractivity contribution >= 4 is 23.8 Å². The van der Waals surface area contributed by atoms with Gasteiger partial charge in [0, 0.05) is 23.9 Å². The lowest BCUT2D eigenvalue weighted by Crippen LogP contribution is -2.43. The topological polar surface area (TPSA) is 153 Å². The fraction of sp³-hybridized carbons (Fsp3) is 0.370. The Balaban J connectivity index is 1.63. The molecule has 3 heterocycles. The molecule has 4 N–H and O–H groups in total. The van der Waals surface area contributed by atoms with Crippen LogP contribution in [-0.4, -0.2) is 54.8 Å². The highest BCUT2D eigenvalue weighted by Crippen LogP contribution is 2.34. The molecule has 0 radical (unpaired) electrons. The normalized spacial score (nSPS) is 15.7. The Kier molecular flexibility index (Phi) is 7.38. The first kappa shape index (κ1) is 26.6. The number of aromatic carboxylic acids is 1. The molecule has 3 aromatic rings. The van der Waals surface area contributed by atoms with Gasteiger partial charge < -0.3 is 21.0 Å². The molecule has 4 rings (SSSR count). The number of aromatic nitrogens is 3. The van der Waals surface area contributed by atoms with E-state index in [1.807, 2.05) is 13.0 Å². The molecular formula is C27H32N6O5. The zero-order valence-electron chi connectivity index (χ0n) is 21.9. The summed E-state index contributed by atoms with van der Waals surface area (Å²) in [5.74, 6) is 5.33. The van der Waals surface area contributed by atoms with Crippen molar-refractivity contribution in [3.05, 3.63) is 65.2 Å². The third-order valence-corrected chi connectivity index (χ3v) is 6.14. The second-order valence-corrected chi connectivity index (χ2v) is 10.3. The number of carbonyl (C=O) groups is 3. The molecular weight excluding hydrogens is 488 g/mol. The summed E-state index contributed by atoms with van der Waals surface area (Å²) < 4.78 is 6.61. The Morgan fingerprint density at radius 3 is 2.42 bits per heavy atom. The maximum absolute atomic E-state index is 12.9. The molecule has 1 atom stereocenters. The highest BCUT2D eigenvalue weighted by Gasteiger charge is 2.36. The molecule has 2 aromatic heterocycles. The van der Waals surface area contributed by atoms with Crippen LogP contribution in [0.4, 0.5) is 10.6 Å². The van der Waals surface area contributed by atoms with Gasteiger partial charge in [0.1, 0.15) is 17.1 Å². The Bertz CT molecular complexity index is 1340. The van der Waals surface area contributed by atoms with Crippen LogP contribution in [0.5, 0.6) is 0 Å². The van der Waals surface area contributed by atoms with E-state index < -0.39 is 23.7 Å². The van der Waals surface area contributed by atoms with Crippen molar-refractivity contribution in [2.45, 2.75) is 58.6 Å². The Labute approximate surface area is 220 Å². The summed E-state index contributed by atoms with van der Waals surface area (Å²) >= 11 is 0. The molecule has 1 aromatic carbocycles. The van der Waals surface area contributed by atoms with Crippen LogP contribution in [0.2, 0.25) is 0 Å². The molecule has 0 spiro atoms. The number of nitrogens with two attached hydrogens (primary N) is 1. The second kappa shape index (κ2) is 10.5. The number of ether oxygens (including phenoxy) is 1. The van der Waals surface area contributed by atoms with Crippen LogP contribution in [0.1, 0.15) is 78.3 Å². The number of pyridine rings is 1. The van der Waals surface area contributed by atoms with Gasteiger partial charge >= 0.3 is 12.1 Å². The van der Waals surface area contributed by atoms with Crippen molar-refractivity contribution in [1.82, 2.24) is 19.5 Å². The quantitative estimate of drug-likeness (QED) is 0.419. The molecule has 0 unspecified atom stereocenters. The van der Waals surface area contributed by atoms with E-state index >= 15 is 0 Å². The first-order valence-electron chi connectivity index (χ1n) is 12.4. The number of nitrogen functional groups attached to an aromatic ring is 1. The van der Waals surface area contributed by atoms with Gasteiger partial charge in [0.25, 0.3) is 5.91 Å². The van der Waals surface area contributed by atoms with Gasteiger partial charge in [-0.05, 0) is 70.7 Å². The second-order valence-electron chi connectivity index (χ2n) is 10.3. The number of amides is 2. The maximum atomic E-state index is 12.9. The Morgan fingerprint density at radius 2 is 1.82 bits per heavy atom. The lowest BCUT2D eigenvalue weighted by Gasteiger charge is -2.36. The van der Waals surface area contributed by atoms with E-state index in [4.69, 9.17) is 10.6 Å². The molecule has 1 fully saturated rings. The molecule has 1 aliphatic rings. The van der Waals surface area contributed by atoms with Crippen LogP contribution in [-0.2, 0) is 4.74 Å². The number of likely N-dealkylation sites (tertiary alicyclic amines) is 1. The highest BCUT2D eigenvalue weighted by atomic mass is 16.6. The summed E-state index contributed by atoms with van der Waals surface area (Å²) in [6.07, 6.45) is 3.35. The fourth-order valence-corrected chi connectivity index (χ4v) is 4.34. The number of nitrogens with one attached hydrogen (secondary N) is 1. The van der Waals surface area contributed by atoms with Crippen LogP contribution in [0.15, 0.2) is 42.6 Å². The number of carboxylic acids is 1. The summed E-state index contributed by atoms with van der Waals surface area (Å²) in [5, 5.41) is 12.7. The smallest absolute Gasteiger partial charge is 0.410 e. The summed E-state index contributed by atoms with van der Waals surface area (Å²) in [7, 11) is 0. The van der Waals surface area contributed by atoms with E-state index in [2.05, 4.69) is 15.3 Å². The number of carbonyl (C=O) groups excluding carboxylic acids is 2. The molecule has 11 heteroatoms. The van der Waals surface area contributed by atoms with Crippen molar-refractivity contribution in [3.8, 4) is 11.3 Å². The number of imidazole rings is 1. The average molecular weight is 521 g/mol. The van der Waals surface area contributed by atoms with E-state index in [9.17, 15) is 19.5 Å². The summed E-state index contributed by atoms with van der Waals surface area (Å²) in [6, 6.07) is 9.39. The standard InChI is InChI=1S/C27H32N6O5/c1-16-8-13-20(29-15-16)30-24(34)18-11-9-17(10-12-18)21-22(25(35)36)33(28)23(31-21)19-7-5-6-14-32(19)26(37)38-27(2,3)4/h8-13,15,19H,5-7,14,28H2,1-4H3,(H,35,36)(H,29,30,34)/t19-/m0/s1. The zero-order valence-corrected chi connectivity index (χ0v) is 21.9. The molecule has 1 aliphatic heterocycles. The third kappa shape index (κ3) is 5.77. The number of rotatable bonds is 5. The van der Waals surface area contributed by atoms with E-state index in [0.717, 1.165) is 23.1 Å². The number of hydrogen-bond acceptors (Lipinski definition) is 7. The number of aryl methyl sites for hydroxylation is 1. The molecule has 200 valence electrons. The predicted octanol–water partition coefficient (Wildman–Crippen LogP) is 4.38. The van der Waals surface area contributed by atoms with Crippen molar-refractivity contribution < 1.29 is 24.2 Å². The Hall–Kier alpha value is -4.41. The summed E-state index contributed by atoms with van der Waals surface area (Å²) in [4.78, 5) is 48.1. The van der Waals surface area contributed by atoms with Crippen LogP contribution < -0.4 is 11.2 Å². The van der Waals surface area contributed by atoms with Crippen molar-refractivity contribution in [1.29, 1.82) is 0 Å². The van der Waals surface area contributed by atoms with Crippen LogP contribution in [0.3, 0.4) is 0 Å². The van der Waals surface area contributed by atoms with E-state index in [0.29, 0.717) is 29.9 Å². The Morgan fingerprint density at radius 1 is 1.11 bits per heavy atom. The van der Waals surface area contributed by atoms with Gasteiger partial charge in [-0.1, -0.05) is 18.2 Å². The first-order chi connectivity index (χ1) is 17.9. The molecule has 11 nitrogen and oxygen atoms in total. The van der Waals surface area contributed by atoms with Gasteiger partial charge in [-0.3, -0.25) is 9.69 Å². The predicted molar refractivity (Wildman–Crippen MR) is 141 cm³/mol. The number of benzene rings is 1. The number of nitrogens with zero attached hydrogens (tertiary/aromatic N) is 4. The van der Waals surface area contributed by atoms with Crippen molar-refractivity contribution in [2.75, 3.05) is 17.7 Å². The van der Waals surface area contributed by atoms with E-state index in [-0.39, 0.29) is 23.1 Å². The monoisotopic (exact) mass is 520 g/mol. The largest absolute Gasteiger partial charge is 0.476 e. The van der Waals surface area contributed by atoms with Gasteiger partial charge in [-0.2, -0.15) is 0 Å². The van der Waals surface area contributed by atoms with Crippen molar-refractivity contribution in [3.63, 3.8) is 0 Å². The van der Waals surface area contributed by atoms with Gasteiger partial charge in [-0.15, -0.1) is 0 Å². The lowest BCUT2D eigenvalue weighted by molar-refractivity contribution is 0.00821. The zero-order chi connectivity index (χ0) is 27.6. The van der Waals surface area contributed by atoms with Gasteiger partial charge in [-0.25, -0.2) is 24.2 Å². The van der Waals surface area contributed by atoms with E-state index in [1.54, 1.807) is 62.2 Å². The number of hydrogen-bond donors (Lipinski definition) is 3. The SMILES string of the molecule is Cc1ccc(NC(=O)c2ccc(-c3nc([C@@H]4CCCCN4C(=O)OC(C)(C)C)n(N)c3C(=O)O)cc2)nc1. The molecule has 0 bridgehead atoms. The number of anilines is 1. The molecule has 2 amide bonds. The molecule has 0 saturated carbocycles. The van der Waals surface area contributed by atoms with Gasteiger partial charge in [0.05, 0.1) is 6.04 Å². The maximum Gasteiger partial charge on any atom is 0.410 e. The minimum absolute atomic E-state index is 0.150. The summed E-state index contributed by atoms with van der Waals surface area (Å²) in [6.45, 7) is 7.71. The fourth-order valence-electron chi connectivity index (χ4n) is 4.34. The molecule has 0 aliphatic carbocycles. The lowest BCUT2D eigenvalue weighted by atomic mass is 10.0.